The van der Waals surface area contributed by atoms with E-state index in [-0.39, 0.29) is 22.9 Å². The van der Waals surface area contributed by atoms with Crippen molar-refractivity contribution in [3.63, 3.8) is 0 Å². The molecular formula is C29H41N3O3. The molecule has 6 nitrogen and oxygen atoms in total. The van der Waals surface area contributed by atoms with E-state index in [1.54, 1.807) is 4.57 Å². The fourth-order valence-electron chi connectivity index (χ4n) is 6.80. The van der Waals surface area contributed by atoms with E-state index in [0.29, 0.717) is 6.54 Å². The van der Waals surface area contributed by atoms with E-state index >= 15 is 0 Å². The van der Waals surface area contributed by atoms with Crippen LogP contribution >= 0.6 is 0 Å². The lowest BCUT2D eigenvalue weighted by atomic mass is 9.79. The predicted molar refractivity (Wildman–Crippen MR) is 139 cm³/mol. The molecule has 0 bridgehead atoms. The summed E-state index contributed by atoms with van der Waals surface area (Å²) in [7, 11) is 1.85. The van der Waals surface area contributed by atoms with Gasteiger partial charge in [-0.05, 0) is 43.2 Å². The van der Waals surface area contributed by atoms with Crippen LogP contribution in [0.3, 0.4) is 0 Å². The van der Waals surface area contributed by atoms with Crippen LogP contribution in [-0.4, -0.2) is 58.7 Å². The van der Waals surface area contributed by atoms with Gasteiger partial charge in [0, 0.05) is 43.7 Å². The molecule has 5 rings (SSSR count). The molecule has 3 fully saturated rings. The fourth-order valence-corrected chi connectivity index (χ4v) is 6.80. The molecule has 3 aliphatic rings. The summed E-state index contributed by atoms with van der Waals surface area (Å²) in [5.74, 6) is 0.358. The van der Waals surface area contributed by atoms with Gasteiger partial charge in [-0.15, -0.1) is 0 Å². The third kappa shape index (κ3) is 5.19. The van der Waals surface area contributed by atoms with Gasteiger partial charge in [0.2, 0.25) is 5.91 Å². The van der Waals surface area contributed by atoms with Crippen molar-refractivity contribution in [2.75, 3.05) is 32.8 Å². The quantitative estimate of drug-likeness (QED) is 0.613. The van der Waals surface area contributed by atoms with Crippen LogP contribution in [0.25, 0.3) is 10.9 Å². The summed E-state index contributed by atoms with van der Waals surface area (Å²) >= 11 is 0. The van der Waals surface area contributed by atoms with Gasteiger partial charge in [-0.25, -0.2) is 0 Å². The summed E-state index contributed by atoms with van der Waals surface area (Å²) in [6, 6.07) is 10.0. The molecule has 35 heavy (non-hydrogen) atoms. The molecule has 2 aromatic rings. The Balaban J connectivity index is 1.49. The van der Waals surface area contributed by atoms with Crippen molar-refractivity contribution < 1.29 is 9.53 Å². The van der Waals surface area contributed by atoms with Crippen LogP contribution in [0.1, 0.15) is 69.8 Å². The van der Waals surface area contributed by atoms with Gasteiger partial charge in [-0.1, -0.05) is 56.7 Å². The number of fused-ring (bicyclic) bond motifs is 1. The van der Waals surface area contributed by atoms with Gasteiger partial charge in [0.25, 0.3) is 5.56 Å². The molecule has 1 aliphatic heterocycles. The zero-order chi connectivity index (χ0) is 24.3. The van der Waals surface area contributed by atoms with Crippen molar-refractivity contribution in [3.05, 3.63) is 46.2 Å². The molecule has 6 heteroatoms. The highest BCUT2D eigenvalue weighted by atomic mass is 16.5. The lowest BCUT2D eigenvalue weighted by Gasteiger charge is -2.50. The van der Waals surface area contributed by atoms with E-state index < -0.39 is 0 Å². The van der Waals surface area contributed by atoms with E-state index in [1.165, 1.54) is 25.7 Å². The van der Waals surface area contributed by atoms with Crippen molar-refractivity contribution in [1.29, 1.82) is 0 Å². The van der Waals surface area contributed by atoms with E-state index in [0.717, 1.165) is 87.8 Å². The van der Waals surface area contributed by atoms with E-state index in [1.807, 2.05) is 31.3 Å². The number of hydrogen-bond acceptors (Lipinski definition) is 4. The Morgan fingerprint density at radius 1 is 1.03 bits per heavy atom. The Morgan fingerprint density at radius 2 is 1.71 bits per heavy atom. The van der Waals surface area contributed by atoms with Gasteiger partial charge >= 0.3 is 0 Å². The molecular weight excluding hydrogens is 438 g/mol. The summed E-state index contributed by atoms with van der Waals surface area (Å²) in [5, 5.41) is 1.05. The van der Waals surface area contributed by atoms with Crippen molar-refractivity contribution in [2.24, 2.45) is 13.0 Å². The van der Waals surface area contributed by atoms with Gasteiger partial charge in [-0.2, -0.15) is 0 Å². The summed E-state index contributed by atoms with van der Waals surface area (Å²) in [4.78, 5) is 32.1. The number of aryl methyl sites for hydroxylation is 1. The monoisotopic (exact) mass is 479 g/mol. The second-order valence-electron chi connectivity index (χ2n) is 11.0. The second-order valence-corrected chi connectivity index (χ2v) is 11.0. The SMILES string of the molecule is Cn1c(=O)c(CN(CC2(N3CCOCC3)CCCCC2)C(=O)C2CCCCC2)cc2ccccc21. The van der Waals surface area contributed by atoms with Crippen LogP contribution in [0.2, 0.25) is 0 Å². The molecule has 1 aromatic heterocycles. The molecule has 0 radical (unpaired) electrons. The van der Waals surface area contributed by atoms with Gasteiger partial charge in [0.05, 0.1) is 25.3 Å². The van der Waals surface area contributed by atoms with Gasteiger partial charge in [0.15, 0.2) is 0 Å². The number of aromatic nitrogens is 1. The number of carbonyl (C=O) groups is 1. The van der Waals surface area contributed by atoms with Crippen LogP contribution in [-0.2, 0) is 23.1 Å². The lowest BCUT2D eigenvalue weighted by molar-refractivity contribution is -0.141. The molecule has 0 unspecified atom stereocenters. The third-order valence-corrected chi connectivity index (χ3v) is 8.79. The third-order valence-electron chi connectivity index (χ3n) is 8.79. The Morgan fingerprint density at radius 3 is 2.46 bits per heavy atom. The number of nitrogens with zero attached hydrogens (tertiary/aromatic N) is 3. The highest BCUT2D eigenvalue weighted by molar-refractivity contribution is 5.81. The number of pyridine rings is 1. The van der Waals surface area contributed by atoms with Crippen molar-refractivity contribution in [1.82, 2.24) is 14.4 Å². The average Bonchev–Trinajstić information content (AvgIpc) is 2.92. The first-order valence-electron chi connectivity index (χ1n) is 13.8. The number of ether oxygens (including phenoxy) is 1. The molecule has 1 saturated heterocycles. The zero-order valence-electron chi connectivity index (χ0n) is 21.3. The molecule has 2 heterocycles. The summed E-state index contributed by atoms with van der Waals surface area (Å²) < 4.78 is 7.42. The Bertz CT molecular complexity index is 1080. The van der Waals surface area contributed by atoms with Crippen LogP contribution < -0.4 is 5.56 Å². The largest absolute Gasteiger partial charge is 0.379 e. The van der Waals surface area contributed by atoms with Gasteiger partial charge < -0.3 is 14.2 Å². The van der Waals surface area contributed by atoms with Gasteiger partial charge in [-0.3, -0.25) is 14.5 Å². The minimum Gasteiger partial charge on any atom is -0.379 e. The molecule has 0 N–H and O–H groups in total. The highest BCUT2D eigenvalue weighted by Gasteiger charge is 2.42. The molecule has 2 aliphatic carbocycles. The average molecular weight is 480 g/mol. The molecule has 0 atom stereocenters. The molecule has 190 valence electrons. The number of morpholine rings is 1. The number of benzene rings is 1. The van der Waals surface area contributed by atoms with Crippen LogP contribution in [0.4, 0.5) is 0 Å². The second kappa shape index (κ2) is 10.8. The molecule has 2 saturated carbocycles. The van der Waals surface area contributed by atoms with Gasteiger partial charge in [0.1, 0.15) is 0 Å². The summed E-state index contributed by atoms with van der Waals surface area (Å²) in [6.07, 6.45) is 11.4. The Kier molecular flexibility index (Phi) is 7.59. The zero-order valence-corrected chi connectivity index (χ0v) is 21.3. The topological polar surface area (TPSA) is 54.8 Å². The van der Waals surface area contributed by atoms with Crippen molar-refractivity contribution in [3.8, 4) is 0 Å². The highest BCUT2D eigenvalue weighted by Crippen LogP contribution is 2.36. The van der Waals surface area contributed by atoms with Crippen LogP contribution in [0, 0.1) is 5.92 Å². The normalized spacial score (nSPS) is 21.7. The number of amides is 1. The summed E-state index contributed by atoms with van der Waals surface area (Å²) in [6.45, 7) is 4.52. The smallest absolute Gasteiger partial charge is 0.255 e. The Labute approximate surface area is 209 Å². The minimum atomic E-state index is -0.00552. The molecule has 0 spiro atoms. The van der Waals surface area contributed by atoms with Crippen LogP contribution in [0.15, 0.2) is 35.1 Å². The molecule has 1 aromatic carbocycles. The standard InChI is InChI=1S/C29H41N3O3/c1-30-26-13-7-6-12-24(26)20-25(27(30)33)21-31(28(34)23-10-4-2-5-11-23)22-29(14-8-3-9-15-29)32-16-18-35-19-17-32/h6-7,12-13,20,23H,2-5,8-11,14-19,21-22H2,1H3. The maximum absolute atomic E-state index is 14.0. The van der Waals surface area contributed by atoms with E-state index in [2.05, 4.69) is 15.9 Å². The van der Waals surface area contributed by atoms with Crippen LogP contribution in [0.5, 0.6) is 0 Å². The lowest BCUT2D eigenvalue weighted by Crippen LogP contribution is -2.60. The first-order chi connectivity index (χ1) is 17.1. The van der Waals surface area contributed by atoms with E-state index in [9.17, 15) is 9.59 Å². The predicted octanol–water partition coefficient (Wildman–Crippen LogP) is 4.48. The van der Waals surface area contributed by atoms with Crippen molar-refractivity contribution in [2.45, 2.75) is 76.3 Å². The minimum absolute atomic E-state index is 0.00552. The number of rotatable bonds is 6. The van der Waals surface area contributed by atoms with E-state index in [4.69, 9.17) is 4.74 Å². The first-order valence-corrected chi connectivity index (χ1v) is 13.8. The summed E-state index contributed by atoms with van der Waals surface area (Å²) in [5.41, 5.74) is 1.66. The number of para-hydroxylation sites is 1. The Hall–Kier alpha value is -2.18. The maximum atomic E-state index is 14.0. The fraction of sp³-hybridized carbons (Fsp3) is 0.655. The number of carbonyl (C=O) groups excluding carboxylic acids is 1. The molecule has 1 amide bonds. The number of hydrogen-bond donors (Lipinski definition) is 0. The van der Waals surface area contributed by atoms with Crippen molar-refractivity contribution >= 4 is 16.8 Å². The first kappa shape index (κ1) is 24.5. The maximum Gasteiger partial charge on any atom is 0.255 e.